The van der Waals surface area contributed by atoms with Gasteiger partial charge in [0.1, 0.15) is 0 Å². The monoisotopic (exact) mass is 211 g/mol. The molecule has 1 N–H and O–H groups in total. The molecule has 0 amide bonds. The highest BCUT2D eigenvalue weighted by Crippen LogP contribution is 2.16. The number of unbranched alkanes of at least 4 members (excludes halogenated alkanes) is 1. The molecule has 1 rings (SSSR count). The third-order valence-electron chi connectivity index (χ3n) is 2.98. The summed E-state index contributed by atoms with van der Waals surface area (Å²) in [5.41, 5.74) is 0. The van der Waals surface area contributed by atoms with Crippen molar-refractivity contribution in [3.8, 4) is 0 Å². The highest BCUT2D eigenvalue weighted by molar-refractivity contribution is 4.71. The van der Waals surface area contributed by atoms with Gasteiger partial charge in [-0.2, -0.15) is 0 Å². The van der Waals surface area contributed by atoms with Crippen molar-refractivity contribution < 1.29 is 4.74 Å². The van der Waals surface area contributed by atoms with Gasteiger partial charge in [0.2, 0.25) is 0 Å². The summed E-state index contributed by atoms with van der Waals surface area (Å²) in [5, 5.41) is 3.57. The first-order chi connectivity index (χ1) is 7.43. The minimum absolute atomic E-state index is 0.760. The molecule has 0 atom stereocenters. The van der Waals surface area contributed by atoms with E-state index in [1.54, 1.807) is 0 Å². The van der Waals surface area contributed by atoms with Crippen LogP contribution in [0.1, 0.15) is 44.9 Å². The zero-order valence-corrected chi connectivity index (χ0v) is 9.84. The molecule has 0 aliphatic heterocycles. The van der Waals surface area contributed by atoms with Crippen molar-refractivity contribution in [2.75, 3.05) is 19.8 Å². The van der Waals surface area contributed by atoms with E-state index in [0.29, 0.717) is 0 Å². The minimum Gasteiger partial charge on any atom is -0.380 e. The van der Waals surface area contributed by atoms with Crippen LogP contribution in [0.15, 0.2) is 12.7 Å². The predicted octanol–water partition coefficient (Wildman–Crippen LogP) is 2.89. The Kier molecular flexibility index (Phi) is 7.58. The van der Waals surface area contributed by atoms with E-state index >= 15 is 0 Å². The zero-order chi connectivity index (χ0) is 10.8. The Bertz CT molecular complexity index is 153. The summed E-state index contributed by atoms with van der Waals surface area (Å²) in [6.45, 7) is 6.43. The van der Waals surface area contributed by atoms with Gasteiger partial charge in [-0.25, -0.2) is 0 Å². The fourth-order valence-electron chi connectivity index (χ4n) is 2.07. The van der Waals surface area contributed by atoms with Crippen LogP contribution < -0.4 is 5.32 Å². The van der Waals surface area contributed by atoms with Crippen LogP contribution in [0.25, 0.3) is 0 Å². The summed E-state index contributed by atoms with van der Waals surface area (Å²) < 4.78 is 5.52. The quantitative estimate of drug-likeness (QED) is 0.492. The Morgan fingerprint density at radius 3 is 2.73 bits per heavy atom. The van der Waals surface area contributed by atoms with Crippen LogP contribution >= 0.6 is 0 Å². The smallest absolute Gasteiger partial charge is 0.0591 e. The summed E-state index contributed by atoms with van der Waals surface area (Å²) in [5.74, 6) is 0. The SMILES string of the molecule is C=CCCCOCCNC1CCCCC1. The maximum absolute atomic E-state index is 5.52. The average Bonchev–Trinajstić information content (AvgIpc) is 2.29. The molecule has 1 saturated carbocycles. The fourth-order valence-corrected chi connectivity index (χ4v) is 2.07. The van der Waals surface area contributed by atoms with Gasteiger partial charge in [0, 0.05) is 19.2 Å². The van der Waals surface area contributed by atoms with E-state index in [-0.39, 0.29) is 0 Å². The molecule has 1 aliphatic rings. The second-order valence-electron chi connectivity index (χ2n) is 4.33. The van der Waals surface area contributed by atoms with E-state index in [9.17, 15) is 0 Å². The molecule has 2 nitrogen and oxygen atoms in total. The van der Waals surface area contributed by atoms with Crippen LogP contribution in [-0.2, 0) is 4.74 Å². The number of hydrogen-bond acceptors (Lipinski definition) is 2. The first-order valence-electron chi connectivity index (χ1n) is 6.35. The topological polar surface area (TPSA) is 21.3 Å². The highest BCUT2D eigenvalue weighted by atomic mass is 16.5. The third kappa shape index (κ3) is 6.69. The lowest BCUT2D eigenvalue weighted by Gasteiger charge is -2.22. The number of ether oxygens (including phenoxy) is 1. The van der Waals surface area contributed by atoms with Crippen LogP contribution in [0.5, 0.6) is 0 Å². The maximum atomic E-state index is 5.52. The summed E-state index contributed by atoms with van der Waals surface area (Å²) >= 11 is 0. The van der Waals surface area contributed by atoms with Crippen LogP contribution in [0.2, 0.25) is 0 Å². The van der Waals surface area contributed by atoms with Crippen LogP contribution in [0.4, 0.5) is 0 Å². The lowest BCUT2D eigenvalue weighted by Crippen LogP contribution is -2.33. The zero-order valence-electron chi connectivity index (χ0n) is 9.84. The highest BCUT2D eigenvalue weighted by Gasteiger charge is 2.11. The van der Waals surface area contributed by atoms with E-state index in [0.717, 1.165) is 38.6 Å². The molecule has 1 fully saturated rings. The van der Waals surface area contributed by atoms with Crippen molar-refractivity contribution in [2.24, 2.45) is 0 Å². The maximum Gasteiger partial charge on any atom is 0.0591 e. The standard InChI is InChI=1S/C13H25NO/c1-2-3-7-11-15-12-10-14-13-8-5-4-6-9-13/h2,13-14H,1,3-12H2. The molecule has 2 heteroatoms. The van der Waals surface area contributed by atoms with E-state index in [2.05, 4.69) is 11.9 Å². The number of nitrogens with one attached hydrogen (secondary N) is 1. The molecule has 0 aromatic heterocycles. The average molecular weight is 211 g/mol. The van der Waals surface area contributed by atoms with Gasteiger partial charge in [-0.1, -0.05) is 25.3 Å². The van der Waals surface area contributed by atoms with Gasteiger partial charge >= 0.3 is 0 Å². The fraction of sp³-hybridized carbons (Fsp3) is 0.846. The van der Waals surface area contributed by atoms with Crippen LogP contribution in [0, 0.1) is 0 Å². The normalized spacial score (nSPS) is 17.9. The molecule has 0 unspecified atom stereocenters. The van der Waals surface area contributed by atoms with Crippen molar-refractivity contribution in [1.29, 1.82) is 0 Å². The lowest BCUT2D eigenvalue weighted by atomic mass is 9.96. The van der Waals surface area contributed by atoms with Gasteiger partial charge in [-0.05, 0) is 25.7 Å². The molecule has 0 saturated heterocycles. The molecule has 0 aromatic rings. The minimum atomic E-state index is 0.760. The van der Waals surface area contributed by atoms with Crippen molar-refractivity contribution in [3.05, 3.63) is 12.7 Å². The molecular weight excluding hydrogens is 186 g/mol. The van der Waals surface area contributed by atoms with E-state index in [1.165, 1.54) is 32.1 Å². The molecule has 88 valence electrons. The number of rotatable bonds is 8. The molecule has 1 aliphatic carbocycles. The molecule has 15 heavy (non-hydrogen) atoms. The molecule has 0 heterocycles. The molecule has 0 radical (unpaired) electrons. The summed E-state index contributed by atoms with van der Waals surface area (Å²) in [4.78, 5) is 0. The van der Waals surface area contributed by atoms with Crippen molar-refractivity contribution in [3.63, 3.8) is 0 Å². The third-order valence-corrected chi connectivity index (χ3v) is 2.98. The Balaban J connectivity index is 1.81. The number of allylic oxidation sites excluding steroid dienone is 1. The second-order valence-corrected chi connectivity index (χ2v) is 4.33. The predicted molar refractivity (Wildman–Crippen MR) is 65.1 cm³/mol. The van der Waals surface area contributed by atoms with Crippen molar-refractivity contribution in [2.45, 2.75) is 51.0 Å². The summed E-state index contributed by atoms with van der Waals surface area (Å²) in [7, 11) is 0. The van der Waals surface area contributed by atoms with Gasteiger partial charge in [0.05, 0.1) is 6.61 Å². The largest absolute Gasteiger partial charge is 0.380 e. The first kappa shape index (κ1) is 12.7. The van der Waals surface area contributed by atoms with Crippen LogP contribution in [-0.4, -0.2) is 25.8 Å². The lowest BCUT2D eigenvalue weighted by molar-refractivity contribution is 0.130. The van der Waals surface area contributed by atoms with Gasteiger partial charge in [-0.15, -0.1) is 6.58 Å². The van der Waals surface area contributed by atoms with E-state index in [4.69, 9.17) is 4.74 Å². The van der Waals surface area contributed by atoms with E-state index < -0.39 is 0 Å². The Hall–Kier alpha value is -0.340. The molecule has 0 aromatic carbocycles. The van der Waals surface area contributed by atoms with E-state index in [1.807, 2.05) is 6.08 Å². The van der Waals surface area contributed by atoms with Gasteiger partial charge in [-0.3, -0.25) is 0 Å². The van der Waals surface area contributed by atoms with Gasteiger partial charge in [0.15, 0.2) is 0 Å². The summed E-state index contributed by atoms with van der Waals surface area (Å²) in [6.07, 6.45) is 11.1. The van der Waals surface area contributed by atoms with Crippen molar-refractivity contribution in [1.82, 2.24) is 5.32 Å². The van der Waals surface area contributed by atoms with Gasteiger partial charge in [0.25, 0.3) is 0 Å². The molecule has 0 bridgehead atoms. The Morgan fingerprint density at radius 1 is 1.20 bits per heavy atom. The van der Waals surface area contributed by atoms with Crippen LogP contribution in [0.3, 0.4) is 0 Å². The molecule has 0 spiro atoms. The van der Waals surface area contributed by atoms with Crippen molar-refractivity contribution >= 4 is 0 Å². The Labute approximate surface area is 94.1 Å². The first-order valence-corrected chi connectivity index (χ1v) is 6.35. The summed E-state index contributed by atoms with van der Waals surface area (Å²) in [6, 6.07) is 0.760. The molecular formula is C13H25NO. The Morgan fingerprint density at radius 2 is 2.00 bits per heavy atom. The second kappa shape index (κ2) is 8.93. The van der Waals surface area contributed by atoms with Gasteiger partial charge < -0.3 is 10.1 Å². The number of hydrogen-bond donors (Lipinski definition) is 1.